The molecule has 6 heteroatoms. The molecule has 2 aromatic rings. The summed E-state index contributed by atoms with van der Waals surface area (Å²) in [6.45, 7) is 2.65. The summed E-state index contributed by atoms with van der Waals surface area (Å²) in [5, 5.41) is 5.60. The lowest BCUT2D eigenvalue weighted by molar-refractivity contribution is -0.127. The van der Waals surface area contributed by atoms with Crippen LogP contribution in [0.3, 0.4) is 0 Å². The van der Waals surface area contributed by atoms with E-state index < -0.39 is 6.04 Å². The van der Waals surface area contributed by atoms with Crippen LogP contribution in [0.1, 0.15) is 29.3 Å². The van der Waals surface area contributed by atoms with Crippen LogP contribution < -0.4 is 10.6 Å². The van der Waals surface area contributed by atoms with Crippen molar-refractivity contribution in [3.05, 3.63) is 65.7 Å². The molecule has 0 unspecified atom stereocenters. The first-order chi connectivity index (χ1) is 13.1. The zero-order valence-corrected chi connectivity index (χ0v) is 15.3. The maximum absolute atomic E-state index is 13.1. The van der Waals surface area contributed by atoms with Gasteiger partial charge in [0, 0.05) is 37.2 Å². The minimum absolute atomic E-state index is 0.112. The highest BCUT2D eigenvalue weighted by molar-refractivity contribution is 6.00. The van der Waals surface area contributed by atoms with Crippen LogP contribution in [0.2, 0.25) is 0 Å². The zero-order chi connectivity index (χ0) is 19.2. The second-order valence-electron chi connectivity index (χ2n) is 6.48. The summed E-state index contributed by atoms with van der Waals surface area (Å²) in [7, 11) is 0. The van der Waals surface area contributed by atoms with Gasteiger partial charge in [0.1, 0.15) is 6.04 Å². The highest BCUT2D eigenvalue weighted by Crippen LogP contribution is 2.18. The quantitative estimate of drug-likeness (QED) is 0.853. The van der Waals surface area contributed by atoms with Gasteiger partial charge in [-0.3, -0.25) is 14.4 Å². The van der Waals surface area contributed by atoms with Crippen molar-refractivity contribution < 1.29 is 14.4 Å². The van der Waals surface area contributed by atoms with Crippen molar-refractivity contribution in [1.29, 1.82) is 0 Å². The monoisotopic (exact) mass is 365 g/mol. The van der Waals surface area contributed by atoms with Crippen molar-refractivity contribution in [3.63, 3.8) is 0 Å². The van der Waals surface area contributed by atoms with Crippen LogP contribution in [-0.4, -0.2) is 41.8 Å². The Hall–Kier alpha value is -3.15. The van der Waals surface area contributed by atoms with Crippen molar-refractivity contribution in [3.8, 4) is 0 Å². The number of anilines is 1. The molecule has 0 bridgehead atoms. The Morgan fingerprint density at radius 1 is 1.15 bits per heavy atom. The lowest BCUT2D eigenvalue weighted by Crippen LogP contribution is -2.58. The van der Waals surface area contributed by atoms with Crippen molar-refractivity contribution >= 4 is 23.4 Å². The van der Waals surface area contributed by atoms with Gasteiger partial charge in [-0.1, -0.05) is 43.3 Å². The third-order valence-electron chi connectivity index (χ3n) is 4.58. The van der Waals surface area contributed by atoms with E-state index in [0.29, 0.717) is 37.2 Å². The molecule has 1 aliphatic rings. The molecule has 1 atom stereocenters. The van der Waals surface area contributed by atoms with E-state index in [0.717, 1.165) is 5.56 Å². The fourth-order valence-corrected chi connectivity index (χ4v) is 3.14. The van der Waals surface area contributed by atoms with Gasteiger partial charge in [0.2, 0.25) is 11.8 Å². The summed E-state index contributed by atoms with van der Waals surface area (Å²) in [5.41, 5.74) is 2.03. The Balaban J connectivity index is 1.81. The summed E-state index contributed by atoms with van der Waals surface area (Å²) in [4.78, 5) is 38.7. The fourth-order valence-electron chi connectivity index (χ4n) is 3.14. The molecule has 3 amide bonds. The fraction of sp³-hybridized carbons (Fsp3) is 0.286. The maximum atomic E-state index is 13.1. The highest BCUT2D eigenvalue weighted by Gasteiger charge is 2.33. The Labute approximate surface area is 158 Å². The minimum Gasteiger partial charge on any atom is -0.353 e. The molecule has 2 aromatic carbocycles. The molecule has 6 nitrogen and oxygen atoms in total. The molecule has 1 fully saturated rings. The van der Waals surface area contributed by atoms with Crippen LogP contribution >= 0.6 is 0 Å². The van der Waals surface area contributed by atoms with Crippen molar-refractivity contribution in [2.75, 3.05) is 18.4 Å². The number of benzene rings is 2. The summed E-state index contributed by atoms with van der Waals surface area (Å²) >= 11 is 0. The first-order valence-electron chi connectivity index (χ1n) is 9.11. The van der Waals surface area contributed by atoms with Gasteiger partial charge in [-0.05, 0) is 23.8 Å². The van der Waals surface area contributed by atoms with Crippen LogP contribution in [-0.2, 0) is 16.0 Å². The number of rotatable bonds is 5. The average Bonchev–Trinajstić information content (AvgIpc) is 2.70. The molecule has 0 saturated carbocycles. The molecular formula is C21H23N3O3. The summed E-state index contributed by atoms with van der Waals surface area (Å²) in [6, 6.07) is 15.9. The Kier molecular flexibility index (Phi) is 5.86. The van der Waals surface area contributed by atoms with Crippen LogP contribution in [0.25, 0.3) is 0 Å². The number of piperazine rings is 1. The SMILES string of the molecule is CCC(=O)Nc1cccc(C(=O)N2CCNC(=O)[C@@H]2Cc2ccccc2)c1. The third-order valence-corrected chi connectivity index (χ3v) is 4.58. The molecule has 0 aromatic heterocycles. The predicted molar refractivity (Wildman–Crippen MR) is 103 cm³/mol. The number of hydrogen-bond donors (Lipinski definition) is 2. The van der Waals surface area contributed by atoms with E-state index in [1.165, 1.54) is 0 Å². The van der Waals surface area contributed by atoms with Gasteiger partial charge in [-0.15, -0.1) is 0 Å². The van der Waals surface area contributed by atoms with Crippen LogP contribution in [0.4, 0.5) is 5.69 Å². The lowest BCUT2D eigenvalue weighted by Gasteiger charge is -2.35. The zero-order valence-electron chi connectivity index (χ0n) is 15.3. The lowest BCUT2D eigenvalue weighted by atomic mass is 10.0. The molecule has 0 aliphatic carbocycles. The Bertz CT molecular complexity index is 836. The minimum atomic E-state index is -0.553. The molecule has 27 heavy (non-hydrogen) atoms. The molecule has 0 spiro atoms. The van der Waals surface area contributed by atoms with E-state index >= 15 is 0 Å². The Morgan fingerprint density at radius 3 is 2.67 bits per heavy atom. The van der Waals surface area contributed by atoms with Crippen molar-refractivity contribution in [2.24, 2.45) is 0 Å². The topological polar surface area (TPSA) is 78.5 Å². The van der Waals surface area contributed by atoms with Gasteiger partial charge < -0.3 is 15.5 Å². The Morgan fingerprint density at radius 2 is 1.93 bits per heavy atom. The normalized spacial score (nSPS) is 16.6. The molecule has 1 saturated heterocycles. The number of carbonyl (C=O) groups excluding carboxylic acids is 3. The molecule has 2 N–H and O–H groups in total. The summed E-state index contributed by atoms with van der Waals surface area (Å²) < 4.78 is 0. The average molecular weight is 365 g/mol. The molecule has 140 valence electrons. The van der Waals surface area contributed by atoms with E-state index in [2.05, 4.69) is 10.6 Å². The molecule has 1 aliphatic heterocycles. The standard InChI is InChI=1S/C21H23N3O3/c1-2-19(25)23-17-10-6-9-16(14-17)21(27)24-12-11-22-20(26)18(24)13-15-7-4-3-5-8-15/h3-10,14,18H,2,11-13H2,1H3,(H,22,26)(H,23,25)/t18-/m0/s1. The van der Waals surface area contributed by atoms with Crippen LogP contribution in [0.5, 0.6) is 0 Å². The van der Waals surface area contributed by atoms with Crippen molar-refractivity contribution in [1.82, 2.24) is 10.2 Å². The highest BCUT2D eigenvalue weighted by atomic mass is 16.2. The first-order valence-corrected chi connectivity index (χ1v) is 9.11. The summed E-state index contributed by atoms with van der Waals surface area (Å²) in [6.07, 6.45) is 0.828. The van der Waals surface area contributed by atoms with Gasteiger partial charge >= 0.3 is 0 Å². The van der Waals surface area contributed by atoms with E-state index in [-0.39, 0.29) is 17.7 Å². The number of hydrogen-bond acceptors (Lipinski definition) is 3. The molecule has 1 heterocycles. The predicted octanol–water partition coefficient (Wildman–Crippen LogP) is 2.22. The first kappa shape index (κ1) is 18.6. The largest absolute Gasteiger partial charge is 0.353 e. The molecule has 0 radical (unpaired) electrons. The molecule has 3 rings (SSSR count). The van der Waals surface area contributed by atoms with Crippen LogP contribution in [0, 0.1) is 0 Å². The number of amides is 3. The van der Waals surface area contributed by atoms with Crippen molar-refractivity contribution in [2.45, 2.75) is 25.8 Å². The maximum Gasteiger partial charge on any atom is 0.254 e. The van der Waals surface area contributed by atoms with E-state index in [1.807, 2.05) is 30.3 Å². The van der Waals surface area contributed by atoms with E-state index in [1.54, 1.807) is 36.1 Å². The third kappa shape index (κ3) is 4.53. The molecular weight excluding hydrogens is 342 g/mol. The van der Waals surface area contributed by atoms with Gasteiger partial charge in [-0.2, -0.15) is 0 Å². The smallest absolute Gasteiger partial charge is 0.254 e. The number of carbonyl (C=O) groups is 3. The summed E-state index contributed by atoms with van der Waals surface area (Å²) in [5.74, 6) is -0.467. The van der Waals surface area contributed by atoms with Gasteiger partial charge in [0.25, 0.3) is 5.91 Å². The van der Waals surface area contributed by atoms with Gasteiger partial charge in [0.15, 0.2) is 0 Å². The second-order valence-corrected chi connectivity index (χ2v) is 6.48. The van der Waals surface area contributed by atoms with Gasteiger partial charge in [-0.25, -0.2) is 0 Å². The van der Waals surface area contributed by atoms with E-state index in [4.69, 9.17) is 0 Å². The number of nitrogens with one attached hydrogen (secondary N) is 2. The van der Waals surface area contributed by atoms with Gasteiger partial charge in [0.05, 0.1) is 0 Å². The van der Waals surface area contributed by atoms with E-state index in [9.17, 15) is 14.4 Å². The second kappa shape index (κ2) is 8.49. The number of nitrogens with zero attached hydrogens (tertiary/aromatic N) is 1. The van der Waals surface area contributed by atoms with Crippen LogP contribution in [0.15, 0.2) is 54.6 Å².